The molecule has 5 heteroatoms. The summed E-state index contributed by atoms with van der Waals surface area (Å²) in [5, 5.41) is 3.37. The second kappa shape index (κ2) is 4.92. The van der Waals surface area contributed by atoms with E-state index in [1.165, 1.54) is 0 Å². The Balaban J connectivity index is 2.21. The normalized spacial score (nSPS) is 23.1. The zero-order valence-electron chi connectivity index (χ0n) is 11.2. The van der Waals surface area contributed by atoms with Crippen LogP contribution in [0.5, 0.6) is 0 Å². The monoisotopic (exact) mass is 248 g/mol. The molecule has 0 aliphatic heterocycles. The molecule has 1 aliphatic carbocycles. The third-order valence-corrected chi connectivity index (χ3v) is 3.70. The summed E-state index contributed by atoms with van der Waals surface area (Å²) in [6.45, 7) is 5.83. The Hall–Kier alpha value is -1.65. The van der Waals surface area contributed by atoms with Gasteiger partial charge in [0.05, 0.1) is 5.92 Å². The predicted molar refractivity (Wildman–Crippen MR) is 70.2 cm³/mol. The molecule has 1 amide bonds. The highest BCUT2D eigenvalue weighted by Gasteiger charge is 2.32. The minimum atomic E-state index is -0.217. The number of anilines is 1. The molecule has 18 heavy (non-hydrogen) atoms. The lowest BCUT2D eigenvalue weighted by molar-refractivity contribution is -0.121. The number of carbonyl (C=O) groups is 1. The van der Waals surface area contributed by atoms with Crippen molar-refractivity contribution < 1.29 is 4.79 Å². The number of hydrogen-bond acceptors (Lipinski definition) is 4. The Labute approximate surface area is 107 Å². The summed E-state index contributed by atoms with van der Waals surface area (Å²) in [4.78, 5) is 20.1. The van der Waals surface area contributed by atoms with E-state index in [1.807, 2.05) is 20.8 Å². The van der Waals surface area contributed by atoms with Crippen LogP contribution < -0.4 is 11.1 Å². The molecule has 3 N–H and O–H groups in total. The summed E-state index contributed by atoms with van der Waals surface area (Å²) in [6, 6.07) is 0.106. The Kier molecular flexibility index (Phi) is 3.50. The van der Waals surface area contributed by atoms with Gasteiger partial charge in [-0.3, -0.25) is 4.79 Å². The van der Waals surface area contributed by atoms with Crippen molar-refractivity contribution in [1.29, 1.82) is 0 Å². The van der Waals surface area contributed by atoms with Crippen molar-refractivity contribution >= 4 is 11.7 Å². The molecule has 0 bridgehead atoms. The number of nitrogens with one attached hydrogen (secondary N) is 1. The van der Waals surface area contributed by atoms with E-state index < -0.39 is 0 Å². The van der Waals surface area contributed by atoms with Gasteiger partial charge in [0, 0.05) is 17.3 Å². The van der Waals surface area contributed by atoms with Crippen LogP contribution in [0.1, 0.15) is 36.3 Å². The van der Waals surface area contributed by atoms with Crippen LogP contribution >= 0.6 is 0 Å². The number of rotatable bonds is 3. The van der Waals surface area contributed by atoms with Gasteiger partial charge >= 0.3 is 0 Å². The van der Waals surface area contributed by atoms with E-state index in [-0.39, 0.29) is 17.9 Å². The molecular formula is C13H20N4O. The quantitative estimate of drug-likeness (QED) is 0.848. The van der Waals surface area contributed by atoms with Gasteiger partial charge in [0.2, 0.25) is 5.91 Å². The summed E-state index contributed by atoms with van der Waals surface area (Å²) in [5.41, 5.74) is 7.44. The SMILES string of the molecule is Cc1nc(C)c(C)c(N[C@@H]2CCC[C@@H]2C(N)=O)n1. The van der Waals surface area contributed by atoms with Crippen LogP contribution in [-0.4, -0.2) is 21.9 Å². The number of aryl methyl sites for hydroxylation is 2. The molecule has 2 rings (SSSR count). The van der Waals surface area contributed by atoms with Crippen molar-refractivity contribution in [2.24, 2.45) is 11.7 Å². The zero-order chi connectivity index (χ0) is 13.3. The fraction of sp³-hybridized carbons (Fsp3) is 0.615. The Bertz CT molecular complexity index is 472. The van der Waals surface area contributed by atoms with E-state index in [4.69, 9.17) is 5.73 Å². The maximum absolute atomic E-state index is 11.4. The first-order valence-corrected chi connectivity index (χ1v) is 6.36. The van der Waals surface area contributed by atoms with Crippen LogP contribution in [0, 0.1) is 26.7 Å². The highest BCUT2D eigenvalue weighted by atomic mass is 16.1. The largest absolute Gasteiger partial charge is 0.369 e. The molecule has 2 atom stereocenters. The van der Waals surface area contributed by atoms with Gasteiger partial charge in [-0.25, -0.2) is 9.97 Å². The summed E-state index contributed by atoms with van der Waals surface area (Å²) < 4.78 is 0. The molecule has 1 fully saturated rings. The third kappa shape index (κ3) is 2.44. The number of primary amides is 1. The average Bonchev–Trinajstić information content (AvgIpc) is 2.73. The van der Waals surface area contributed by atoms with Gasteiger partial charge in [0.25, 0.3) is 0 Å². The Morgan fingerprint density at radius 1 is 1.28 bits per heavy atom. The minimum absolute atomic E-state index is 0.0834. The second-order valence-corrected chi connectivity index (χ2v) is 5.02. The zero-order valence-corrected chi connectivity index (χ0v) is 11.2. The summed E-state index contributed by atoms with van der Waals surface area (Å²) in [5.74, 6) is 1.28. The lowest BCUT2D eigenvalue weighted by Crippen LogP contribution is -2.34. The molecule has 0 unspecified atom stereocenters. The van der Waals surface area contributed by atoms with E-state index >= 15 is 0 Å². The lowest BCUT2D eigenvalue weighted by atomic mass is 10.0. The average molecular weight is 248 g/mol. The fourth-order valence-corrected chi connectivity index (χ4v) is 2.56. The molecule has 98 valence electrons. The second-order valence-electron chi connectivity index (χ2n) is 5.02. The number of hydrogen-bond donors (Lipinski definition) is 2. The van der Waals surface area contributed by atoms with Gasteiger partial charge in [0.1, 0.15) is 11.6 Å². The maximum atomic E-state index is 11.4. The van der Waals surface area contributed by atoms with Crippen molar-refractivity contribution in [1.82, 2.24) is 9.97 Å². The fourth-order valence-electron chi connectivity index (χ4n) is 2.56. The van der Waals surface area contributed by atoms with E-state index in [0.29, 0.717) is 0 Å². The van der Waals surface area contributed by atoms with E-state index in [0.717, 1.165) is 42.2 Å². The van der Waals surface area contributed by atoms with Gasteiger partial charge in [-0.1, -0.05) is 6.42 Å². The highest BCUT2D eigenvalue weighted by Crippen LogP contribution is 2.29. The molecule has 1 heterocycles. The van der Waals surface area contributed by atoms with Crippen molar-refractivity contribution in [2.75, 3.05) is 5.32 Å². The van der Waals surface area contributed by atoms with Crippen LogP contribution in [0.15, 0.2) is 0 Å². The highest BCUT2D eigenvalue weighted by molar-refractivity contribution is 5.78. The molecule has 0 aromatic carbocycles. The smallest absolute Gasteiger partial charge is 0.222 e. The molecule has 0 spiro atoms. The first-order valence-electron chi connectivity index (χ1n) is 6.36. The first-order chi connectivity index (χ1) is 8.49. The molecule has 1 aromatic rings. The van der Waals surface area contributed by atoms with E-state index in [1.54, 1.807) is 0 Å². The third-order valence-electron chi connectivity index (χ3n) is 3.70. The van der Waals surface area contributed by atoms with Gasteiger partial charge in [-0.15, -0.1) is 0 Å². The number of nitrogens with zero attached hydrogens (tertiary/aromatic N) is 2. The van der Waals surface area contributed by atoms with E-state index in [2.05, 4.69) is 15.3 Å². The van der Waals surface area contributed by atoms with Gasteiger partial charge < -0.3 is 11.1 Å². The molecular weight excluding hydrogens is 228 g/mol. The first kappa shape index (κ1) is 12.8. The number of amides is 1. The van der Waals surface area contributed by atoms with Crippen LogP contribution in [0.3, 0.4) is 0 Å². The van der Waals surface area contributed by atoms with Gasteiger partial charge in [-0.2, -0.15) is 0 Å². The van der Waals surface area contributed by atoms with Crippen molar-refractivity contribution in [3.63, 3.8) is 0 Å². The number of aromatic nitrogens is 2. The summed E-state index contributed by atoms with van der Waals surface area (Å²) >= 11 is 0. The van der Waals surface area contributed by atoms with Crippen molar-refractivity contribution in [3.8, 4) is 0 Å². The lowest BCUT2D eigenvalue weighted by Gasteiger charge is -2.20. The standard InChI is InChI=1S/C13H20N4O/c1-7-8(2)15-9(3)16-13(7)17-11-6-4-5-10(11)12(14)18/h10-11H,4-6H2,1-3H3,(H2,14,18)(H,15,16,17)/t10-,11+/m0/s1. The van der Waals surface area contributed by atoms with Crippen LogP contribution in [0.25, 0.3) is 0 Å². The van der Waals surface area contributed by atoms with Crippen molar-refractivity contribution in [2.45, 2.75) is 46.1 Å². The van der Waals surface area contributed by atoms with Crippen LogP contribution in [-0.2, 0) is 4.79 Å². The van der Waals surface area contributed by atoms with Crippen LogP contribution in [0.4, 0.5) is 5.82 Å². The molecule has 1 aromatic heterocycles. The molecule has 1 saturated carbocycles. The van der Waals surface area contributed by atoms with Gasteiger partial charge in [0.15, 0.2) is 0 Å². The Morgan fingerprint density at radius 2 is 2.00 bits per heavy atom. The van der Waals surface area contributed by atoms with Crippen molar-refractivity contribution in [3.05, 3.63) is 17.1 Å². The Morgan fingerprint density at radius 3 is 2.67 bits per heavy atom. The van der Waals surface area contributed by atoms with Crippen LogP contribution in [0.2, 0.25) is 0 Å². The number of nitrogens with two attached hydrogens (primary N) is 1. The van der Waals surface area contributed by atoms with E-state index in [9.17, 15) is 4.79 Å². The minimum Gasteiger partial charge on any atom is -0.369 e. The maximum Gasteiger partial charge on any atom is 0.222 e. The predicted octanol–water partition coefficient (Wildman–Crippen LogP) is 1.47. The summed E-state index contributed by atoms with van der Waals surface area (Å²) in [6.07, 6.45) is 2.87. The molecule has 1 aliphatic rings. The summed E-state index contributed by atoms with van der Waals surface area (Å²) in [7, 11) is 0. The topological polar surface area (TPSA) is 80.9 Å². The number of carbonyl (C=O) groups excluding carboxylic acids is 1. The van der Waals surface area contributed by atoms with Gasteiger partial charge in [-0.05, 0) is 33.6 Å². The molecule has 5 nitrogen and oxygen atoms in total. The molecule has 0 radical (unpaired) electrons. The molecule has 0 saturated heterocycles.